The molecule has 0 unspecified atom stereocenters. The monoisotopic (exact) mass is 313 g/mol. The summed E-state index contributed by atoms with van der Waals surface area (Å²) in [4.78, 5) is 38.4. The third-order valence-electron chi connectivity index (χ3n) is 3.52. The second-order valence-electron chi connectivity index (χ2n) is 5.66. The predicted octanol–water partition coefficient (Wildman–Crippen LogP) is 2.16. The molecule has 0 spiro atoms. The van der Waals surface area contributed by atoms with Crippen LogP contribution in [0.2, 0.25) is 0 Å². The third kappa shape index (κ3) is 3.66. The van der Waals surface area contributed by atoms with Crippen molar-refractivity contribution in [1.29, 1.82) is 0 Å². The number of hydrogen-bond donors (Lipinski definition) is 3. The van der Waals surface area contributed by atoms with Crippen LogP contribution >= 0.6 is 0 Å². The number of carbonyl (C=O) groups is 2. The van der Waals surface area contributed by atoms with Gasteiger partial charge in [0.1, 0.15) is 0 Å². The van der Waals surface area contributed by atoms with E-state index in [1.165, 1.54) is 6.07 Å². The molecule has 1 heterocycles. The van der Waals surface area contributed by atoms with Gasteiger partial charge in [0.25, 0.3) is 11.8 Å². The SMILES string of the molecule is Cc1cccc(NC(=O)c2cc(C(C)C)[nH]c(=O)c2)c1C(N)=O. The Hall–Kier alpha value is -2.89. The highest BCUT2D eigenvalue weighted by Gasteiger charge is 2.15. The summed E-state index contributed by atoms with van der Waals surface area (Å²) in [5.74, 6) is -1.01. The number of rotatable bonds is 4. The van der Waals surface area contributed by atoms with Crippen molar-refractivity contribution in [2.24, 2.45) is 5.73 Å². The van der Waals surface area contributed by atoms with Gasteiger partial charge in [-0.15, -0.1) is 0 Å². The maximum absolute atomic E-state index is 12.4. The van der Waals surface area contributed by atoms with Crippen LogP contribution in [-0.2, 0) is 0 Å². The molecule has 0 radical (unpaired) electrons. The first-order chi connectivity index (χ1) is 10.8. The molecule has 0 fully saturated rings. The van der Waals surface area contributed by atoms with Crippen molar-refractivity contribution in [3.05, 3.63) is 63.1 Å². The van der Waals surface area contributed by atoms with Gasteiger partial charge in [0.05, 0.1) is 11.3 Å². The molecule has 0 aliphatic heterocycles. The smallest absolute Gasteiger partial charge is 0.255 e. The van der Waals surface area contributed by atoms with Gasteiger partial charge in [-0.05, 0) is 30.5 Å². The van der Waals surface area contributed by atoms with Crippen molar-refractivity contribution < 1.29 is 9.59 Å². The van der Waals surface area contributed by atoms with Gasteiger partial charge >= 0.3 is 0 Å². The number of nitrogens with one attached hydrogen (secondary N) is 2. The fraction of sp³-hybridized carbons (Fsp3) is 0.235. The minimum atomic E-state index is -0.618. The molecule has 6 heteroatoms. The number of nitrogens with two attached hydrogens (primary N) is 1. The van der Waals surface area contributed by atoms with E-state index in [0.29, 0.717) is 16.9 Å². The van der Waals surface area contributed by atoms with Crippen LogP contribution in [-0.4, -0.2) is 16.8 Å². The zero-order valence-corrected chi connectivity index (χ0v) is 13.3. The lowest BCUT2D eigenvalue weighted by molar-refractivity contribution is 0.100. The van der Waals surface area contributed by atoms with Crippen molar-refractivity contribution in [3.8, 4) is 0 Å². The standard InChI is InChI=1S/C17H19N3O3/c1-9(2)13-7-11(8-14(21)19-13)17(23)20-12-6-4-5-10(3)15(12)16(18)22/h4-9H,1-3H3,(H2,18,22)(H,19,21)(H,20,23). The van der Waals surface area contributed by atoms with Gasteiger partial charge < -0.3 is 16.0 Å². The van der Waals surface area contributed by atoms with E-state index in [4.69, 9.17) is 5.73 Å². The lowest BCUT2D eigenvalue weighted by Gasteiger charge is -2.12. The number of aromatic nitrogens is 1. The minimum Gasteiger partial charge on any atom is -0.366 e. The molecule has 1 aromatic heterocycles. The van der Waals surface area contributed by atoms with Gasteiger partial charge in [-0.25, -0.2) is 0 Å². The van der Waals surface area contributed by atoms with Crippen LogP contribution in [0.1, 0.15) is 51.7 Å². The second kappa shape index (κ2) is 6.48. The van der Waals surface area contributed by atoms with E-state index in [0.717, 1.165) is 0 Å². The minimum absolute atomic E-state index is 0.0793. The molecule has 0 saturated heterocycles. The van der Waals surface area contributed by atoms with Crippen molar-refractivity contribution in [2.45, 2.75) is 26.7 Å². The second-order valence-corrected chi connectivity index (χ2v) is 5.66. The summed E-state index contributed by atoms with van der Waals surface area (Å²) in [6.45, 7) is 5.57. The maximum atomic E-state index is 12.4. The number of aromatic amines is 1. The highest BCUT2D eigenvalue weighted by atomic mass is 16.2. The van der Waals surface area contributed by atoms with E-state index in [9.17, 15) is 14.4 Å². The third-order valence-corrected chi connectivity index (χ3v) is 3.52. The zero-order valence-electron chi connectivity index (χ0n) is 13.3. The number of pyridine rings is 1. The number of amides is 2. The fourth-order valence-electron chi connectivity index (χ4n) is 2.30. The van der Waals surface area contributed by atoms with Crippen LogP contribution in [0.5, 0.6) is 0 Å². The van der Waals surface area contributed by atoms with E-state index in [-0.39, 0.29) is 22.6 Å². The van der Waals surface area contributed by atoms with Crippen LogP contribution < -0.4 is 16.6 Å². The highest BCUT2D eigenvalue weighted by Crippen LogP contribution is 2.20. The van der Waals surface area contributed by atoms with E-state index in [2.05, 4.69) is 10.3 Å². The molecular weight excluding hydrogens is 294 g/mol. The molecule has 4 N–H and O–H groups in total. The van der Waals surface area contributed by atoms with Gasteiger partial charge in [0.2, 0.25) is 5.56 Å². The highest BCUT2D eigenvalue weighted by molar-refractivity contribution is 6.09. The molecular formula is C17H19N3O3. The Bertz CT molecular complexity index is 822. The lowest BCUT2D eigenvalue weighted by atomic mass is 10.0. The lowest BCUT2D eigenvalue weighted by Crippen LogP contribution is -2.21. The zero-order chi connectivity index (χ0) is 17.1. The summed E-state index contributed by atoms with van der Waals surface area (Å²) in [6, 6.07) is 7.90. The molecule has 0 aliphatic rings. The van der Waals surface area contributed by atoms with Crippen molar-refractivity contribution in [3.63, 3.8) is 0 Å². The number of H-pyrrole nitrogens is 1. The van der Waals surface area contributed by atoms with Crippen molar-refractivity contribution in [1.82, 2.24) is 4.98 Å². The number of benzene rings is 1. The fourth-order valence-corrected chi connectivity index (χ4v) is 2.30. The number of aryl methyl sites for hydroxylation is 1. The largest absolute Gasteiger partial charge is 0.366 e. The van der Waals surface area contributed by atoms with Crippen LogP contribution in [0.15, 0.2) is 35.1 Å². The van der Waals surface area contributed by atoms with Crippen LogP contribution in [0.3, 0.4) is 0 Å². The van der Waals surface area contributed by atoms with Gasteiger partial charge in [0, 0.05) is 17.3 Å². The molecule has 0 aliphatic carbocycles. The summed E-state index contributed by atoms with van der Waals surface area (Å²) < 4.78 is 0. The first kappa shape index (κ1) is 16.5. The van der Waals surface area contributed by atoms with E-state index in [1.807, 2.05) is 13.8 Å². The first-order valence-electron chi connectivity index (χ1n) is 7.24. The molecule has 6 nitrogen and oxygen atoms in total. The number of carbonyl (C=O) groups excluding carboxylic acids is 2. The van der Waals surface area contributed by atoms with E-state index in [1.54, 1.807) is 31.2 Å². The van der Waals surface area contributed by atoms with Crippen LogP contribution in [0, 0.1) is 6.92 Å². The molecule has 2 rings (SSSR count). The Labute approximate surface area is 133 Å². The van der Waals surface area contributed by atoms with Crippen LogP contribution in [0.25, 0.3) is 0 Å². The van der Waals surface area contributed by atoms with Crippen molar-refractivity contribution >= 4 is 17.5 Å². The normalized spacial score (nSPS) is 10.6. The van der Waals surface area contributed by atoms with Gasteiger partial charge in [-0.3, -0.25) is 14.4 Å². The summed E-state index contributed by atoms with van der Waals surface area (Å²) in [5, 5.41) is 2.65. The Morgan fingerprint density at radius 1 is 1.22 bits per heavy atom. The Balaban J connectivity index is 2.39. The Morgan fingerprint density at radius 3 is 2.52 bits per heavy atom. The quantitative estimate of drug-likeness (QED) is 0.805. The molecule has 0 saturated carbocycles. The first-order valence-corrected chi connectivity index (χ1v) is 7.24. The predicted molar refractivity (Wildman–Crippen MR) is 88.8 cm³/mol. The summed E-state index contributed by atoms with van der Waals surface area (Å²) in [7, 11) is 0. The Kier molecular flexibility index (Phi) is 4.64. The topological polar surface area (TPSA) is 105 Å². The molecule has 0 bridgehead atoms. The Morgan fingerprint density at radius 2 is 1.91 bits per heavy atom. The van der Waals surface area contributed by atoms with E-state index >= 15 is 0 Å². The maximum Gasteiger partial charge on any atom is 0.255 e. The average molecular weight is 313 g/mol. The molecule has 23 heavy (non-hydrogen) atoms. The number of anilines is 1. The van der Waals surface area contributed by atoms with Gasteiger partial charge in [-0.1, -0.05) is 26.0 Å². The van der Waals surface area contributed by atoms with E-state index < -0.39 is 11.8 Å². The van der Waals surface area contributed by atoms with Gasteiger partial charge in [-0.2, -0.15) is 0 Å². The average Bonchev–Trinajstić information content (AvgIpc) is 2.46. The molecule has 2 amide bonds. The molecule has 2 aromatic rings. The number of hydrogen-bond acceptors (Lipinski definition) is 3. The summed E-state index contributed by atoms with van der Waals surface area (Å²) >= 11 is 0. The molecule has 0 atom stereocenters. The summed E-state index contributed by atoms with van der Waals surface area (Å²) in [5.41, 5.74) is 7.18. The number of primary amides is 1. The molecule has 120 valence electrons. The van der Waals surface area contributed by atoms with Gasteiger partial charge in [0.15, 0.2) is 0 Å². The van der Waals surface area contributed by atoms with Crippen LogP contribution in [0.4, 0.5) is 5.69 Å². The molecule has 1 aromatic carbocycles. The summed E-state index contributed by atoms with van der Waals surface area (Å²) in [6.07, 6.45) is 0. The van der Waals surface area contributed by atoms with Crippen molar-refractivity contribution in [2.75, 3.05) is 5.32 Å².